The van der Waals surface area contributed by atoms with Crippen LogP contribution in [0.3, 0.4) is 0 Å². The van der Waals surface area contributed by atoms with Gasteiger partial charge in [0.25, 0.3) is 0 Å². The first-order chi connectivity index (χ1) is 6.68. The van der Waals surface area contributed by atoms with Gasteiger partial charge in [-0.3, -0.25) is 0 Å². The van der Waals surface area contributed by atoms with E-state index < -0.39 is 6.10 Å². The molecule has 2 atom stereocenters. The van der Waals surface area contributed by atoms with Crippen LogP contribution in [0, 0.1) is 5.82 Å². The summed E-state index contributed by atoms with van der Waals surface area (Å²) in [6.45, 7) is 0. The zero-order valence-corrected chi connectivity index (χ0v) is 7.91. The summed E-state index contributed by atoms with van der Waals surface area (Å²) >= 11 is 0. The Kier molecular flexibility index (Phi) is 2.52. The number of benzene rings is 1. The standard InChI is InChI=1S/C11H14FNO/c12-8-4-5-9-7(6-8)2-1-3-10(13)11(9)14/h4-6,10-11,14H,1-3,13H2/t10-,11+/m0/s1. The highest BCUT2D eigenvalue weighted by molar-refractivity contribution is 5.31. The van der Waals surface area contributed by atoms with Gasteiger partial charge in [0.1, 0.15) is 5.82 Å². The van der Waals surface area contributed by atoms with E-state index in [1.165, 1.54) is 12.1 Å². The van der Waals surface area contributed by atoms with Gasteiger partial charge in [-0.25, -0.2) is 4.39 Å². The molecule has 0 saturated heterocycles. The minimum atomic E-state index is -0.645. The minimum absolute atomic E-state index is 0.221. The van der Waals surface area contributed by atoms with Crippen molar-refractivity contribution in [1.29, 1.82) is 0 Å². The monoisotopic (exact) mass is 195 g/mol. The Morgan fingerprint density at radius 2 is 2.21 bits per heavy atom. The molecule has 2 nitrogen and oxygen atoms in total. The molecule has 3 N–H and O–H groups in total. The quantitative estimate of drug-likeness (QED) is 0.616. The van der Waals surface area contributed by atoms with E-state index in [-0.39, 0.29) is 11.9 Å². The summed E-state index contributed by atoms with van der Waals surface area (Å²) in [6, 6.07) is 4.29. The third-order valence-corrected chi connectivity index (χ3v) is 2.81. The number of aryl methyl sites for hydroxylation is 1. The van der Waals surface area contributed by atoms with Crippen molar-refractivity contribution in [2.24, 2.45) is 5.73 Å². The molecule has 2 rings (SSSR count). The molecule has 0 spiro atoms. The second-order valence-corrected chi connectivity index (χ2v) is 3.84. The number of aliphatic hydroxyl groups excluding tert-OH is 1. The lowest BCUT2D eigenvalue weighted by Gasteiger charge is -2.17. The molecule has 1 aliphatic rings. The van der Waals surface area contributed by atoms with Crippen LogP contribution in [0.15, 0.2) is 18.2 Å². The van der Waals surface area contributed by atoms with E-state index >= 15 is 0 Å². The van der Waals surface area contributed by atoms with Gasteiger partial charge in [-0.05, 0) is 42.5 Å². The second kappa shape index (κ2) is 3.67. The molecule has 0 unspecified atom stereocenters. The van der Waals surface area contributed by atoms with Gasteiger partial charge in [0, 0.05) is 6.04 Å². The third-order valence-electron chi connectivity index (χ3n) is 2.81. The molecule has 0 aliphatic heterocycles. The first kappa shape index (κ1) is 9.62. The van der Waals surface area contributed by atoms with Gasteiger partial charge in [0.05, 0.1) is 6.10 Å². The van der Waals surface area contributed by atoms with Crippen LogP contribution in [0.4, 0.5) is 4.39 Å². The molecule has 0 saturated carbocycles. The van der Waals surface area contributed by atoms with Crippen LogP contribution in [0.2, 0.25) is 0 Å². The van der Waals surface area contributed by atoms with Gasteiger partial charge >= 0.3 is 0 Å². The molecular weight excluding hydrogens is 181 g/mol. The third kappa shape index (κ3) is 1.65. The van der Waals surface area contributed by atoms with Gasteiger partial charge in [-0.15, -0.1) is 0 Å². The lowest BCUT2D eigenvalue weighted by Crippen LogP contribution is -2.27. The van der Waals surface area contributed by atoms with E-state index in [2.05, 4.69) is 0 Å². The largest absolute Gasteiger partial charge is 0.387 e. The summed E-state index contributed by atoms with van der Waals surface area (Å²) in [7, 11) is 0. The number of hydrogen-bond donors (Lipinski definition) is 2. The number of nitrogens with two attached hydrogens (primary N) is 1. The Hall–Kier alpha value is -0.930. The summed E-state index contributed by atoms with van der Waals surface area (Å²) < 4.78 is 12.9. The molecular formula is C11H14FNO. The number of rotatable bonds is 0. The predicted octanol–water partition coefficient (Wildman–Crippen LogP) is 1.52. The fraction of sp³-hybridized carbons (Fsp3) is 0.455. The summed E-state index contributed by atoms with van der Waals surface area (Å²) in [5, 5.41) is 9.85. The van der Waals surface area contributed by atoms with Gasteiger partial charge in [-0.1, -0.05) is 6.07 Å². The molecule has 3 heteroatoms. The average molecular weight is 195 g/mol. The molecule has 76 valence electrons. The summed E-state index contributed by atoms with van der Waals surface area (Å²) in [5.74, 6) is -0.244. The van der Waals surface area contributed by atoms with Crippen molar-refractivity contribution in [1.82, 2.24) is 0 Å². The normalized spacial score (nSPS) is 26.8. The van der Waals surface area contributed by atoms with Crippen molar-refractivity contribution in [2.45, 2.75) is 31.4 Å². The molecule has 0 amide bonds. The van der Waals surface area contributed by atoms with E-state index in [4.69, 9.17) is 5.73 Å². The number of aliphatic hydroxyl groups is 1. The molecule has 14 heavy (non-hydrogen) atoms. The molecule has 0 radical (unpaired) electrons. The van der Waals surface area contributed by atoms with Gasteiger partial charge in [0.2, 0.25) is 0 Å². The zero-order chi connectivity index (χ0) is 10.1. The summed E-state index contributed by atoms with van der Waals surface area (Å²) in [4.78, 5) is 0. The second-order valence-electron chi connectivity index (χ2n) is 3.84. The first-order valence-electron chi connectivity index (χ1n) is 4.90. The van der Waals surface area contributed by atoms with Crippen LogP contribution in [0.25, 0.3) is 0 Å². The molecule has 1 aliphatic carbocycles. The maximum absolute atomic E-state index is 12.9. The van der Waals surface area contributed by atoms with E-state index in [0.29, 0.717) is 0 Å². The van der Waals surface area contributed by atoms with Gasteiger partial charge in [0.15, 0.2) is 0 Å². The minimum Gasteiger partial charge on any atom is -0.387 e. The lowest BCUT2D eigenvalue weighted by molar-refractivity contribution is 0.144. The number of halogens is 1. The van der Waals surface area contributed by atoms with Crippen molar-refractivity contribution in [3.8, 4) is 0 Å². The van der Waals surface area contributed by atoms with Gasteiger partial charge < -0.3 is 10.8 Å². The lowest BCUT2D eigenvalue weighted by atomic mass is 9.99. The Labute approximate surface area is 82.5 Å². The van der Waals surface area contributed by atoms with E-state index in [0.717, 1.165) is 30.4 Å². The SMILES string of the molecule is N[C@H]1CCCc2cc(F)ccc2[C@H]1O. The molecule has 0 aromatic heterocycles. The Bertz CT molecular complexity index is 340. The number of hydrogen-bond acceptors (Lipinski definition) is 2. The molecule has 1 aromatic carbocycles. The maximum atomic E-state index is 12.9. The van der Waals surface area contributed by atoms with Crippen LogP contribution >= 0.6 is 0 Å². The Morgan fingerprint density at radius 1 is 1.43 bits per heavy atom. The van der Waals surface area contributed by atoms with Crippen LogP contribution in [0.1, 0.15) is 30.1 Å². The summed E-state index contributed by atoms with van der Waals surface area (Å²) in [5.41, 5.74) is 7.47. The van der Waals surface area contributed by atoms with Crippen molar-refractivity contribution in [3.05, 3.63) is 35.1 Å². The van der Waals surface area contributed by atoms with Crippen molar-refractivity contribution >= 4 is 0 Å². The molecule has 0 fully saturated rings. The maximum Gasteiger partial charge on any atom is 0.123 e. The number of fused-ring (bicyclic) bond motifs is 1. The van der Waals surface area contributed by atoms with Crippen LogP contribution in [-0.4, -0.2) is 11.1 Å². The Morgan fingerprint density at radius 3 is 3.00 bits per heavy atom. The topological polar surface area (TPSA) is 46.2 Å². The van der Waals surface area contributed by atoms with E-state index in [1.807, 2.05) is 0 Å². The fourth-order valence-electron chi connectivity index (χ4n) is 2.00. The highest BCUT2D eigenvalue weighted by Gasteiger charge is 2.22. The van der Waals surface area contributed by atoms with E-state index in [9.17, 15) is 9.50 Å². The van der Waals surface area contributed by atoms with E-state index in [1.54, 1.807) is 6.07 Å². The zero-order valence-electron chi connectivity index (χ0n) is 7.91. The van der Waals surface area contributed by atoms with Gasteiger partial charge in [-0.2, -0.15) is 0 Å². The highest BCUT2D eigenvalue weighted by Crippen LogP contribution is 2.28. The molecule has 0 heterocycles. The summed E-state index contributed by atoms with van der Waals surface area (Å²) in [6.07, 6.45) is 1.86. The molecule has 1 aromatic rings. The Balaban J connectivity index is 2.43. The van der Waals surface area contributed by atoms with Crippen molar-refractivity contribution in [3.63, 3.8) is 0 Å². The van der Waals surface area contributed by atoms with Crippen LogP contribution in [-0.2, 0) is 6.42 Å². The van der Waals surface area contributed by atoms with Crippen LogP contribution in [0.5, 0.6) is 0 Å². The van der Waals surface area contributed by atoms with Crippen molar-refractivity contribution in [2.75, 3.05) is 0 Å². The van der Waals surface area contributed by atoms with Crippen molar-refractivity contribution < 1.29 is 9.50 Å². The molecule has 0 bridgehead atoms. The fourth-order valence-corrected chi connectivity index (χ4v) is 2.00. The average Bonchev–Trinajstić information content (AvgIpc) is 2.28. The highest BCUT2D eigenvalue weighted by atomic mass is 19.1. The smallest absolute Gasteiger partial charge is 0.123 e. The van der Waals surface area contributed by atoms with Crippen LogP contribution < -0.4 is 5.73 Å². The first-order valence-corrected chi connectivity index (χ1v) is 4.90. The predicted molar refractivity (Wildman–Crippen MR) is 52.3 cm³/mol.